The zero-order valence-corrected chi connectivity index (χ0v) is 16.3. The van der Waals surface area contributed by atoms with E-state index in [1.54, 1.807) is 28.0 Å². The summed E-state index contributed by atoms with van der Waals surface area (Å²) < 4.78 is 5.39. The highest BCUT2D eigenvalue weighted by molar-refractivity contribution is 5.81. The van der Waals surface area contributed by atoms with Gasteiger partial charge in [0.15, 0.2) is 0 Å². The topological polar surface area (TPSA) is 73.6 Å². The van der Waals surface area contributed by atoms with Gasteiger partial charge in [0.25, 0.3) is 0 Å². The fraction of sp³-hybridized carbons (Fsp3) is 0.476. The van der Waals surface area contributed by atoms with Crippen LogP contribution in [-0.4, -0.2) is 47.0 Å². The molecule has 0 aliphatic carbocycles. The van der Waals surface area contributed by atoms with Gasteiger partial charge >= 0.3 is 6.09 Å². The summed E-state index contributed by atoms with van der Waals surface area (Å²) in [6.45, 7) is 10.9. The smallest absolute Gasteiger partial charge is 0.410 e. The summed E-state index contributed by atoms with van der Waals surface area (Å²) in [5, 5.41) is 9.05. The maximum absolute atomic E-state index is 13.0. The summed E-state index contributed by atoms with van der Waals surface area (Å²) in [6.07, 6.45) is 1.92. The Kier molecular flexibility index (Phi) is 6.62. The van der Waals surface area contributed by atoms with E-state index < -0.39 is 5.60 Å². The second-order valence-corrected chi connectivity index (χ2v) is 7.73. The highest BCUT2D eigenvalue weighted by atomic mass is 16.6. The predicted octanol–water partition coefficient (Wildman–Crippen LogP) is 3.33. The molecule has 6 nitrogen and oxygen atoms in total. The lowest BCUT2D eigenvalue weighted by molar-refractivity contribution is -0.135. The summed E-state index contributed by atoms with van der Waals surface area (Å²) in [7, 11) is 0. The van der Waals surface area contributed by atoms with Gasteiger partial charge in [0.05, 0.1) is 17.6 Å². The van der Waals surface area contributed by atoms with Crippen LogP contribution in [-0.2, 0) is 16.1 Å². The normalized spacial score (nSPS) is 16.5. The van der Waals surface area contributed by atoms with Crippen LogP contribution < -0.4 is 0 Å². The molecule has 6 heteroatoms. The first-order valence-electron chi connectivity index (χ1n) is 9.10. The van der Waals surface area contributed by atoms with Gasteiger partial charge in [-0.3, -0.25) is 4.79 Å². The van der Waals surface area contributed by atoms with Gasteiger partial charge < -0.3 is 14.5 Å². The Morgan fingerprint density at radius 1 is 1.44 bits per heavy atom. The standard InChI is InChI=1S/C21H27N3O3/c1-5-10-23(14-17-8-6-7-16(12-17)13-22)19(25)18-9-11-24(15-18)20(26)27-21(2,3)4/h5-8,12,18H,1,9-11,14-15H2,2-4H3. The van der Waals surface area contributed by atoms with Gasteiger partial charge in [-0.05, 0) is 44.9 Å². The van der Waals surface area contributed by atoms with E-state index in [1.807, 2.05) is 32.9 Å². The number of likely N-dealkylation sites (tertiary alicyclic amines) is 1. The van der Waals surface area contributed by atoms with E-state index in [0.29, 0.717) is 38.2 Å². The van der Waals surface area contributed by atoms with Crippen LogP contribution >= 0.6 is 0 Å². The van der Waals surface area contributed by atoms with Crippen molar-refractivity contribution in [3.05, 3.63) is 48.0 Å². The van der Waals surface area contributed by atoms with Gasteiger partial charge in [-0.15, -0.1) is 6.58 Å². The van der Waals surface area contributed by atoms with E-state index in [0.717, 1.165) is 5.56 Å². The van der Waals surface area contributed by atoms with Crippen LogP contribution in [0.4, 0.5) is 4.79 Å². The molecule has 0 N–H and O–H groups in total. The Morgan fingerprint density at radius 3 is 2.81 bits per heavy atom. The Morgan fingerprint density at radius 2 is 2.19 bits per heavy atom. The number of nitrogens with zero attached hydrogens (tertiary/aromatic N) is 3. The number of rotatable bonds is 5. The maximum Gasteiger partial charge on any atom is 0.410 e. The SMILES string of the molecule is C=CCN(Cc1cccc(C#N)c1)C(=O)C1CCN(C(=O)OC(C)(C)C)C1. The number of hydrogen-bond acceptors (Lipinski definition) is 4. The first kappa shape index (κ1) is 20.5. The van der Waals surface area contributed by atoms with Crippen LogP contribution in [0.2, 0.25) is 0 Å². The molecule has 0 radical (unpaired) electrons. The number of hydrogen-bond donors (Lipinski definition) is 0. The molecular weight excluding hydrogens is 342 g/mol. The lowest BCUT2D eigenvalue weighted by Gasteiger charge is -2.26. The summed E-state index contributed by atoms with van der Waals surface area (Å²) in [5.74, 6) is -0.264. The molecule has 1 saturated heterocycles. The second-order valence-electron chi connectivity index (χ2n) is 7.73. The lowest BCUT2D eigenvalue weighted by Crippen LogP contribution is -2.39. The average molecular weight is 369 g/mol. The van der Waals surface area contributed by atoms with Crippen molar-refractivity contribution < 1.29 is 14.3 Å². The van der Waals surface area contributed by atoms with Gasteiger partial charge in [-0.25, -0.2) is 4.79 Å². The summed E-state index contributed by atoms with van der Waals surface area (Å²) in [4.78, 5) is 28.5. The summed E-state index contributed by atoms with van der Waals surface area (Å²) in [6, 6.07) is 9.33. The zero-order valence-electron chi connectivity index (χ0n) is 16.3. The molecule has 1 aromatic carbocycles. The fourth-order valence-corrected chi connectivity index (χ4v) is 3.06. The molecule has 2 rings (SSSR count). The molecule has 0 aromatic heterocycles. The van der Waals surface area contributed by atoms with Crippen molar-refractivity contribution in [1.29, 1.82) is 5.26 Å². The van der Waals surface area contributed by atoms with Crippen LogP contribution in [0.25, 0.3) is 0 Å². The van der Waals surface area contributed by atoms with Crippen molar-refractivity contribution in [3.8, 4) is 6.07 Å². The van der Waals surface area contributed by atoms with Crippen LogP contribution in [0.15, 0.2) is 36.9 Å². The molecule has 0 saturated carbocycles. The van der Waals surface area contributed by atoms with E-state index in [1.165, 1.54) is 0 Å². The van der Waals surface area contributed by atoms with Crippen LogP contribution in [0.5, 0.6) is 0 Å². The number of amides is 2. The fourth-order valence-electron chi connectivity index (χ4n) is 3.06. The number of benzene rings is 1. The van der Waals surface area contributed by atoms with E-state index >= 15 is 0 Å². The highest BCUT2D eigenvalue weighted by Crippen LogP contribution is 2.22. The third kappa shape index (κ3) is 5.85. The van der Waals surface area contributed by atoms with Crippen molar-refractivity contribution in [2.24, 2.45) is 5.92 Å². The molecule has 144 valence electrons. The monoisotopic (exact) mass is 369 g/mol. The Balaban J connectivity index is 2.03. The Hall–Kier alpha value is -2.81. The molecule has 27 heavy (non-hydrogen) atoms. The molecule has 0 bridgehead atoms. The molecule has 2 amide bonds. The number of carbonyl (C=O) groups excluding carboxylic acids is 2. The van der Waals surface area contributed by atoms with E-state index in [2.05, 4.69) is 12.6 Å². The van der Waals surface area contributed by atoms with Gasteiger partial charge in [-0.1, -0.05) is 18.2 Å². The number of nitriles is 1. The van der Waals surface area contributed by atoms with E-state index in [-0.39, 0.29) is 17.9 Å². The summed E-state index contributed by atoms with van der Waals surface area (Å²) >= 11 is 0. The molecule has 1 aliphatic rings. The van der Waals surface area contributed by atoms with E-state index in [9.17, 15) is 9.59 Å². The van der Waals surface area contributed by atoms with Crippen molar-refractivity contribution in [2.45, 2.75) is 39.3 Å². The molecule has 1 aliphatic heterocycles. The minimum atomic E-state index is -0.556. The maximum atomic E-state index is 13.0. The van der Waals surface area contributed by atoms with Crippen LogP contribution in [0.3, 0.4) is 0 Å². The lowest BCUT2D eigenvalue weighted by atomic mass is 10.1. The van der Waals surface area contributed by atoms with Crippen molar-refractivity contribution in [1.82, 2.24) is 9.80 Å². The molecule has 1 aromatic rings. The molecule has 1 heterocycles. The van der Waals surface area contributed by atoms with Crippen molar-refractivity contribution >= 4 is 12.0 Å². The average Bonchev–Trinajstić information content (AvgIpc) is 3.10. The largest absolute Gasteiger partial charge is 0.444 e. The zero-order chi connectivity index (χ0) is 20.0. The minimum absolute atomic E-state index is 0.0108. The molecule has 1 atom stereocenters. The van der Waals surface area contributed by atoms with Gasteiger partial charge in [0, 0.05) is 26.2 Å². The summed E-state index contributed by atoms with van der Waals surface area (Å²) in [5.41, 5.74) is 0.904. The quantitative estimate of drug-likeness (QED) is 0.746. The molecular formula is C21H27N3O3. The van der Waals surface area contributed by atoms with Crippen molar-refractivity contribution in [3.63, 3.8) is 0 Å². The second kappa shape index (κ2) is 8.72. The van der Waals surface area contributed by atoms with E-state index in [4.69, 9.17) is 10.00 Å². The molecule has 1 fully saturated rings. The Labute approximate surface area is 161 Å². The third-order valence-corrected chi connectivity index (χ3v) is 4.28. The Bertz CT molecular complexity index is 746. The van der Waals surface area contributed by atoms with Gasteiger partial charge in [-0.2, -0.15) is 5.26 Å². The van der Waals surface area contributed by atoms with Crippen LogP contribution in [0, 0.1) is 17.2 Å². The first-order valence-corrected chi connectivity index (χ1v) is 9.10. The molecule has 0 spiro atoms. The number of ether oxygens (including phenoxy) is 1. The van der Waals surface area contributed by atoms with Gasteiger partial charge in [0.2, 0.25) is 5.91 Å². The highest BCUT2D eigenvalue weighted by Gasteiger charge is 2.35. The first-order chi connectivity index (χ1) is 12.7. The van der Waals surface area contributed by atoms with Crippen molar-refractivity contribution in [2.75, 3.05) is 19.6 Å². The third-order valence-electron chi connectivity index (χ3n) is 4.28. The minimum Gasteiger partial charge on any atom is -0.444 e. The predicted molar refractivity (Wildman–Crippen MR) is 103 cm³/mol. The molecule has 1 unspecified atom stereocenters. The van der Waals surface area contributed by atoms with Gasteiger partial charge in [0.1, 0.15) is 5.60 Å². The van der Waals surface area contributed by atoms with Crippen LogP contribution in [0.1, 0.15) is 38.3 Å². The number of carbonyl (C=O) groups is 2.